The van der Waals surface area contributed by atoms with E-state index < -0.39 is 31.3 Å². The van der Waals surface area contributed by atoms with E-state index in [1.807, 2.05) is 20.8 Å². The van der Waals surface area contributed by atoms with Gasteiger partial charge in [0.05, 0.1) is 18.9 Å². The maximum Gasteiger partial charge on any atom is 0.413 e. The number of benzene rings is 1. The van der Waals surface area contributed by atoms with E-state index in [2.05, 4.69) is 10.6 Å². The predicted octanol–water partition coefficient (Wildman–Crippen LogP) is 3.78. The molecule has 2 N–H and O–H groups in total. The SMILES string of the molecule is CCOP(=O)(CC(=O)Nc1ccccc1OC(=O)NC(C)(C)C)OCC. The third kappa shape index (κ3) is 7.99. The molecule has 0 aliphatic carbocycles. The average molecular weight is 386 g/mol. The molecule has 0 heterocycles. The molecule has 0 fully saturated rings. The van der Waals surface area contributed by atoms with Crippen molar-refractivity contribution in [3.8, 4) is 5.75 Å². The summed E-state index contributed by atoms with van der Waals surface area (Å²) in [4.78, 5) is 24.2. The third-order valence-electron chi connectivity index (χ3n) is 2.83. The van der Waals surface area contributed by atoms with Crippen molar-refractivity contribution in [1.82, 2.24) is 5.32 Å². The molecule has 0 aromatic heterocycles. The summed E-state index contributed by atoms with van der Waals surface area (Å²) in [6, 6.07) is 6.46. The van der Waals surface area contributed by atoms with Crippen LogP contribution in [0.2, 0.25) is 0 Å². The Morgan fingerprint density at radius 1 is 1.08 bits per heavy atom. The molecule has 1 aromatic rings. The lowest BCUT2D eigenvalue weighted by Gasteiger charge is -2.21. The van der Waals surface area contributed by atoms with E-state index in [1.54, 1.807) is 38.1 Å². The molecule has 0 atom stereocenters. The van der Waals surface area contributed by atoms with Crippen LogP contribution in [0.15, 0.2) is 24.3 Å². The first-order chi connectivity index (χ1) is 12.1. The second-order valence-electron chi connectivity index (χ2n) is 6.41. The minimum Gasteiger partial charge on any atom is -0.408 e. The van der Waals surface area contributed by atoms with Gasteiger partial charge in [-0.1, -0.05) is 12.1 Å². The van der Waals surface area contributed by atoms with Gasteiger partial charge in [-0.2, -0.15) is 0 Å². The molecule has 1 aromatic carbocycles. The van der Waals surface area contributed by atoms with E-state index in [-0.39, 0.29) is 24.7 Å². The van der Waals surface area contributed by atoms with Gasteiger partial charge in [-0.25, -0.2) is 4.79 Å². The maximum atomic E-state index is 12.4. The third-order valence-corrected chi connectivity index (χ3v) is 4.81. The topological polar surface area (TPSA) is 103 Å². The standard InChI is InChI=1S/C17H27N2O6P/c1-6-23-26(22,24-7-2)12-15(20)18-13-10-8-9-11-14(13)25-16(21)19-17(3,4)5/h8-11H,6-7,12H2,1-5H3,(H,18,20)(H,19,21). The highest BCUT2D eigenvalue weighted by molar-refractivity contribution is 7.54. The normalized spacial score (nSPS) is 11.7. The molecule has 0 spiro atoms. The summed E-state index contributed by atoms with van der Waals surface area (Å²) in [7, 11) is -3.52. The summed E-state index contributed by atoms with van der Waals surface area (Å²) in [6.45, 7) is 9.12. The van der Waals surface area contributed by atoms with E-state index in [4.69, 9.17) is 13.8 Å². The zero-order chi connectivity index (χ0) is 19.8. The molecule has 0 saturated carbocycles. The number of para-hydroxylation sites is 2. The lowest BCUT2D eigenvalue weighted by atomic mass is 10.1. The summed E-state index contributed by atoms with van der Waals surface area (Å²) >= 11 is 0. The fourth-order valence-electron chi connectivity index (χ4n) is 1.98. The first-order valence-corrected chi connectivity index (χ1v) is 10.1. The molecule has 0 aliphatic heterocycles. The Morgan fingerprint density at radius 3 is 2.19 bits per heavy atom. The van der Waals surface area contributed by atoms with E-state index in [1.165, 1.54) is 0 Å². The summed E-state index contributed by atoms with van der Waals surface area (Å²) in [5.41, 5.74) is -0.183. The highest BCUT2D eigenvalue weighted by atomic mass is 31.2. The number of carbonyl (C=O) groups is 2. The molecule has 1 rings (SSSR count). The van der Waals surface area contributed by atoms with E-state index in [9.17, 15) is 14.2 Å². The molecule has 0 saturated heterocycles. The average Bonchev–Trinajstić information content (AvgIpc) is 2.47. The molecule has 0 aliphatic rings. The Morgan fingerprint density at radius 2 is 1.65 bits per heavy atom. The van der Waals surface area contributed by atoms with Crippen LogP contribution in [0.3, 0.4) is 0 Å². The van der Waals surface area contributed by atoms with Gasteiger partial charge in [0.15, 0.2) is 5.75 Å². The Labute approximate surface area is 154 Å². The van der Waals surface area contributed by atoms with Crippen molar-refractivity contribution in [3.05, 3.63) is 24.3 Å². The fourth-order valence-corrected chi connectivity index (χ4v) is 3.45. The fraction of sp³-hybridized carbons (Fsp3) is 0.529. The Kier molecular flexibility index (Phi) is 8.27. The zero-order valence-electron chi connectivity index (χ0n) is 15.8. The molecule has 146 valence electrons. The van der Waals surface area contributed by atoms with Crippen molar-refractivity contribution < 1.29 is 27.9 Å². The first kappa shape index (κ1) is 22.2. The van der Waals surface area contributed by atoms with Crippen LogP contribution >= 0.6 is 7.60 Å². The van der Waals surface area contributed by atoms with Gasteiger partial charge in [0, 0.05) is 5.54 Å². The Balaban J connectivity index is 2.82. The van der Waals surface area contributed by atoms with Gasteiger partial charge in [0.2, 0.25) is 5.91 Å². The van der Waals surface area contributed by atoms with Crippen LogP contribution < -0.4 is 15.4 Å². The number of anilines is 1. The molecule has 26 heavy (non-hydrogen) atoms. The number of ether oxygens (including phenoxy) is 1. The van der Waals surface area contributed by atoms with Gasteiger partial charge in [0.25, 0.3) is 0 Å². The lowest BCUT2D eigenvalue weighted by Crippen LogP contribution is -2.42. The summed E-state index contributed by atoms with van der Waals surface area (Å²) in [5.74, 6) is -0.396. The van der Waals surface area contributed by atoms with Crippen molar-refractivity contribution in [3.63, 3.8) is 0 Å². The van der Waals surface area contributed by atoms with Gasteiger partial charge < -0.3 is 24.4 Å². The Hall–Kier alpha value is -1.89. The quantitative estimate of drug-likeness (QED) is 0.659. The van der Waals surface area contributed by atoms with Crippen LogP contribution in [0.5, 0.6) is 5.75 Å². The zero-order valence-corrected chi connectivity index (χ0v) is 16.7. The van der Waals surface area contributed by atoms with E-state index in [0.717, 1.165) is 0 Å². The van der Waals surface area contributed by atoms with Crippen LogP contribution in [0.4, 0.5) is 10.5 Å². The summed E-state index contributed by atoms with van der Waals surface area (Å²) in [6.07, 6.45) is -1.08. The molecule has 2 amide bonds. The minimum atomic E-state index is -3.52. The molecule has 9 heteroatoms. The molecular formula is C17H27N2O6P. The number of hydrogen-bond donors (Lipinski definition) is 2. The predicted molar refractivity (Wildman–Crippen MR) is 99.7 cm³/mol. The molecule has 8 nitrogen and oxygen atoms in total. The second-order valence-corrected chi connectivity index (χ2v) is 8.47. The van der Waals surface area contributed by atoms with Gasteiger partial charge in [-0.05, 0) is 46.8 Å². The van der Waals surface area contributed by atoms with Gasteiger partial charge in [-0.3, -0.25) is 9.36 Å². The number of carbonyl (C=O) groups excluding carboxylic acids is 2. The highest BCUT2D eigenvalue weighted by Crippen LogP contribution is 2.47. The summed E-state index contributed by atoms with van der Waals surface area (Å²) < 4.78 is 27.9. The molecular weight excluding hydrogens is 359 g/mol. The molecule has 0 bridgehead atoms. The van der Waals surface area contributed by atoms with Crippen LogP contribution in [-0.2, 0) is 18.4 Å². The number of amides is 2. The number of hydrogen-bond acceptors (Lipinski definition) is 6. The van der Waals surface area contributed by atoms with Crippen molar-refractivity contribution in [2.45, 2.75) is 40.2 Å². The van der Waals surface area contributed by atoms with Crippen molar-refractivity contribution in [2.24, 2.45) is 0 Å². The monoisotopic (exact) mass is 386 g/mol. The van der Waals surface area contributed by atoms with E-state index >= 15 is 0 Å². The number of nitrogens with one attached hydrogen (secondary N) is 2. The number of rotatable bonds is 8. The molecule has 0 radical (unpaired) electrons. The van der Waals surface area contributed by atoms with Crippen LogP contribution in [-0.4, -0.2) is 36.9 Å². The van der Waals surface area contributed by atoms with Crippen molar-refractivity contribution >= 4 is 25.3 Å². The van der Waals surface area contributed by atoms with Crippen LogP contribution in [0, 0.1) is 0 Å². The largest absolute Gasteiger partial charge is 0.413 e. The highest BCUT2D eigenvalue weighted by Gasteiger charge is 2.28. The van der Waals surface area contributed by atoms with Crippen molar-refractivity contribution in [2.75, 3.05) is 24.7 Å². The van der Waals surface area contributed by atoms with Gasteiger partial charge in [-0.15, -0.1) is 0 Å². The summed E-state index contributed by atoms with van der Waals surface area (Å²) in [5, 5.41) is 5.24. The molecule has 0 unspecified atom stereocenters. The smallest absolute Gasteiger partial charge is 0.408 e. The first-order valence-electron chi connectivity index (χ1n) is 8.35. The second kappa shape index (κ2) is 9.71. The maximum absolute atomic E-state index is 12.4. The van der Waals surface area contributed by atoms with Gasteiger partial charge >= 0.3 is 13.7 Å². The minimum absolute atomic E-state index is 0.164. The van der Waals surface area contributed by atoms with Crippen molar-refractivity contribution in [1.29, 1.82) is 0 Å². The lowest BCUT2D eigenvalue weighted by molar-refractivity contribution is -0.114. The van der Waals surface area contributed by atoms with Crippen LogP contribution in [0.1, 0.15) is 34.6 Å². The van der Waals surface area contributed by atoms with Gasteiger partial charge in [0.1, 0.15) is 6.16 Å². The Bertz CT molecular complexity index is 661. The van der Waals surface area contributed by atoms with Crippen LogP contribution in [0.25, 0.3) is 0 Å². The van der Waals surface area contributed by atoms with E-state index in [0.29, 0.717) is 0 Å².